The molecule has 3 nitrogen and oxygen atoms in total. The van der Waals surface area contributed by atoms with Crippen molar-refractivity contribution in [1.29, 1.82) is 0 Å². The minimum Gasteiger partial charge on any atom is -0.338 e. The number of carbonyl (C=O) groups is 1. The predicted octanol–water partition coefficient (Wildman–Crippen LogP) is 0.853. The fourth-order valence-corrected chi connectivity index (χ4v) is 1.83. The highest BCUT2D eigenvalue weighted by Gasteiger charge is 2.26. The lowest BCUT2D eigenvalue weighted by molar-refractivity contribution is -0.136. The second kappa shape index (κ2) is 4.61. The van der Waals surface area contributed by atoms with E-state index < -0.39 is 0 Å². The number of carbonyl (C=O) groups excluding carboxylic acids is 1. The number of rotatable bonds is 3. The fraction of sp³-hybridized carbons (Fsp3) is 0.900. The van der Waals surface area contributed by atoms with Gasteiger partial charge in [0, 0.05) is 25.0 Å². The van der Waals surface area contributed by atoms with Gasteiger partial charge in [-0.15, -0.1) is 0 Å². The van der Waals surface area contributed by atoms with Crippen LogP contribution in [0.4, 0.5) is 0 Å². The summed E-state index contributed by atoms with van der Waals surface area (Å²) >= 11 is 0. The van der Waals surface area contributed by atoms with Gasteiger partial charge in [-0.25, -0.2) is 0 Å². The van der Waals surface area contributed by atoms with Gasteiger partial charge in [-0.2, -0.15) is 0 Å². The molecular weight excluding hydrogens is 164 g/mol. The van der Waals surface area contributed by atoms with Crippen molar-refractivity contribution < 1.29 is 4.79 Å². The first kappa shape index (κ1) is 10.5. The molecule has 3 heteroatoms. The van der Waals surface area contributed by atoms with E-state index in [9.17, 15) is 4.79 Å². The van der Waals surface area contributed by atoms with E-state index in [1.165, 1.54) is 0 Å². The van der Waals surface area contributed by atoms with Crippen LogP contribution in [0.1, 0.15) is 27.2 Å². The molecule has 0 bridgehead atoms. The van der Waals surface area contributed by atoms with Crippen LogP contribution >= 0.6 is 0 Å². The van der Waals surface area contributed by atoms with E-state index >= 15 is 0 Å². The van der Waals surface area contributed by atoms with E-state index in [0.717, 1.165) is 26.1 Å². The first-order valence-electron chi connectivity index (χ1n) is 5.18. The molecule has 1 heterocycles. The average molecular weight is 184 g/mol. The zero-order valence-electron chi connectivity index (χ0n) is 8.84. The lowest BCUT2D eigenvalue weighted by atomic mass is 10.1. The number of likely N-dealkylation sites (N-methyl/N-ethyl adjacent to an activating group) is 1. The lowest BCUT2D eigenvalue weighted by Crippen LogP contribution is -2.43. The molecule has 76 valence electrons. The van der Waals surface area contributed by atoms with E-state index in [1.807, 2.05) is 18.7 Å². The number of hydrogen-bond acceptors (Lipinski definition) is 2. The number of nitrogens with one attached hydrogen (secondary N) is 1. The van der Waals surface area contributed by atoms with Gasteiger partial charge in [-0.1, -0.05) is 13.8 Å². The summed E-state index contributed by atoms with van der Waals surface area (Å²) in [6.45, 7) is 8.83. The van der Waals surface area contributed by atoms with Crippen LogP contribution in [-0.2, 0) is 4.79 Å². The molecular formula is C10H20N2O. The van der Waals surface area contributed by atoms with Crippen LogP contribution < -0.4 is 5.32 Å². The van der Waals surface area contributed by atoms with Gasteiger partial charge in [0.25, 0.3) is 0 Å². The summed E-state index contributed by atoms with van der Waals surface area (Å²) in [5.74, 6) is 0.414. The molecule has 1 atom stereocenters. The van der Waals surface area contributed by atoms with Crippen LogP contribution in [0.3, 0.4) is 0 Å². The highest BCUT2D eigenvalue weighted by Crippen LogP contribution is 2.11. The molecule has 1 unspecified atom stereocenters. The van der Waals surface area contributed by atoms with Gasteiger partial charge in [-0.3, -0.25) is 4.79 Å². The Morgan fingerprint density at radius 1 is 1.62 bits per heavy atom. The van der Waals surface area contributed by atoms with Crippen molar-refractivity contribution in [2.45, 2.75) is 33.2 Å². The maximum atomic E-state index is 11.8. The summed E-state index contributed by atoms with van der Waals surface area (Å²) < 4.78 is 0. The molecule has 1 N–H and O–H groups in total. The summed E-state index contributed by atoms with van der Waals surface area (Å²) in [6, 6.07) is 0.430. The minimum absolute atomic E-state index is 0.126. The highest BCUT2D eigenvalue weighted by atomic mass is 16.2. The van der Waals surface area contributed by atoms with E-state index in [2.05, 4.69) is 12.2 Å². The Hall–Kier alpha value is -0.570. The van der Waals surface area contributed by atoms with Gasteiger partial charge in [0.2, 0.25) is 5.91 Å². The molecule has 0 saturated carbocycles. The van der Waals surface area contributed by atoms with Crippen LogP contribution in [0.5, 0.6) is 0 Å². The van der Waals surface area contributed by atoms with Gasteiger partial charge in [-0.05, 0) is 19.9 Å². The maximum Gasteiger partial charge on any atom is 0.225 e. The molecule has 1 aliphatic rings. The third kappa shape index (κ3) is 2.44. The minimum atomic E-state index is 0.126. The number of hydrogen-bond donors (Lipinski definition) is 1. The molecule has 1 saturated heterocycles. The molecule has 1 amide bonds. The number of nitrogens with zero attached hydrogens (tertiary/aromatic N) is 1. The van der Waals surface area contributed by atoms with Gasteiger partial charge in [0.1, 0.15) is 0 Å². The summed E-state index contributed by atoms with van der Waals surface area (Å²) in [5.41, 5.74) is 0. The monoisotopic (exact) mass is 184 g/mol. The molecule has 0 aromatic rings. The summed E-state index contributed by atoms with van der Waals surface area (Å²) in [4.78, 5) is 13.8. The third-order valence-corrected chi connectivity index (χ3v) is 2.59. The second-order valence-electron chi connectivity index (χ2n) is 3.93. The maximum absolute atomic E-state index is 11.8. The Bertz CT molecular complexity index is 174. The molecule has 1 aliphatic heterocycles. The van der Waals surface area contributed by atoms with Crippen LogP contribution in [-0.4, -0.2) is 36.5 Å². The Labute approximate surface area is 80.5 Å². The van der Waals surface area contributed by atoms with Crippen molar-refractivity contribution >= 4 is 5.91 Å². The molecule has 1 rings (SSSR count). The van der Waals surface area contributed by atoms with Crippen molar-refractivity contribution in [3.8, 4) is 0 Å². The van der Waals surface area contributed by atoms with Crippen molar-refractivity contribution in [2.75, 3.05) is 19.6 Å². The second-order valence-corrected chi connectivity index (χ2v) is 3.93. The van der Waals surface area contributed by atoms with Gasteiger partial charge < -0.3 is 10.2 Å². The normalized spacial score (nSPS) is 22.3. The van der Waals surface area contributed by atoms with Gasteiger partial charge in [0.05, 0.1) is 0 Å². The van der Waals surface area contributed by atoms with Gasteiger partial charge in [0.15, 0.2) is 0 Å². The Morgan fingerprint density at radius 2 is 2.31 bits per heavy atom. The van der Waals surface area contributed by atoms with E-state index in [-0.39, 0.29) is 11.8 Å². The molecule has 0 aromatic carbocycles. The van der Waals surface area contributed by atoms with E-state index in [0.29, 0.717) is 6.04 Å². The third-order valence-electron chi connectivity index (χ3n) is 2.59. The topological polar surface area (TPSA) is 32.3 Å². The average Bonchev–Trinajstić information content (AvgIpc) is 2.58. The first-order valence-corrected chi connectivity index (χ1v) is 5.18. The zero-order valence-corrected chi connectivity index (χ0v) is 8.84. The van der Waals surface area contributed by atoms with Gasteiger partial charge >= 0.3 is 0 Å². The summed E-state index contributed by atoms with van der Waals surface area (Å²) in [5, 5.41) is 3.29. The predicted molar refractivity (Wildman–Crippen MR) is 53.5 cm³/mol. The molecule has 1 fully saturated rings. The first-order chi connectivity index (χ1) is 6.16. The largest absolute Gasteiger partial charge is 0.338 e. The van der Waals surface area contributed by atoms with Crippen molar-refractivity contribution in [3.05, 3.63) is 0 Å². The molecule has 0 aromatic heterocycles. The Kier molecular flexibility index (Phi) is 3.72. The standard InChI is InChI=1S/C10H20N2O/c1-4-12(10(13)8(2)3)9-5-6-11-7-9/h8-9,11H,4-7H2,1-3H3. The van der Waals surface area contributed by atoms with Crippen LogP contribution in [0.2, 0.25) is 0 Å². The quantitative estimate of drug-likeness (QED) is 0.705. The summed E-state index contributed by atoms with van der Waals surface area (Å²) in [6.07, 6.45) is 1.10. The van der Waals surface area contributed by atoms with Crippen molar-refractivity contribution in [2.24, 2.45) is 5.92 Å². The van der Waals surface area contributed by atoms with Crippen LogP contribution in [0.15, 0.2) is 0 Å². The van der Waals surface area contributed by atoms with Crippen LogP contribution in [0.25, 0.3) is 0 Å². The SMILES string of the molecule is CCN(C(=O)C(C)C)C1CCNC1. The fourth-order valence-electron chi connectivity index (χ4n) is 1.83. The smallest absolute Gasteiger partial charge is 0.225 e. The Morgan fingerprint density at radius 3 is 2.69 bits per heavy atom. The number of amides is 1. The van der Waals surface area contributed by atoms with Crippen molar-refractivity contribution in [1.82, 2.24) is 10.2 Å². The molecule has 0 radical (unpaired) electrons. The van der Waals surface area contributed by atoms with E-state index in [1.54, 1.807) is 0 Å². The molecule has 13 heavy (non-hydrogen) atoms. The van der Waals surface area contributed by atoms with Crippen molar-refractivity contribution in [3.63, 3.8) is 0 Å². The van der Waals surface area contributed by atoms with E-state index in [4.69, 9.17) is 0 Å². The summed E-state index contributed by atoms with van der Waals surface area (Å²) in [7, 11) is 0. The van der Waals surface area contributed by atoms with Crippen LogP contribution in [0, 0.1) is 5.92 Å². The highest BCUT2D eigenvalue weighted by molar-refractivity contribution is 5.78. The zero-order chi connectivity index (χ0) is 9.84. The molecule has 0 spiro atoms. The Balaban J connectivity index is 2.55. The lowest BCUT2D eigenvalue weighted by Gasteiger charge is -2.28. The molecule has 0 aliphatic carbocycles.